The smallest absolute Gasteiger partial charge is 0.320 e. The van der Waals surface area contributed by atoms with Gasteiger partial charge in [0.05, 0.1) is 11.6 Å². The first-order valence-electron chi connectivity index (χ1n) is 6.83. The number of nitrogens with zero attached hydrogens (tertiary/aromatic N) is 1. The van der Waals surface area contributed by atoms with E-state index in [0.29, 0.717) is 24.2 Å². The molecule has 0 bridgehead atoms. The molecule has 1 aromatic rings. The second kappa shape index (κ2) is 8.72. The van der Waals surface area contributed by atoms with E-state index in [4.69, 9.17) is 10.4 Å². The van der Waals surface area contributed by atoms with Crippen molar-refractivity contribution in [3.8, 4) is 6.07 Å². The third-order valence-corrected chi connectivity index (χ3v) is 2.92. The third-order valence-electron chi connectivity index (χ3n) is 2.92. The number of nitrogens with one attached hydrogen (secondary N) is 2. The van der Waals surface area contributed by atoms with Crippen LogP contribution >= 0.6 is 0 Å². The summed E-state index contributed by atoms with van der Waals surface area (Å²) >= 11 is 0. The second-order valence-electron chi connectivity index (χ2n) is 4.62. The van der Waals surface area contributed by atoms with E-state index in [1.165, 1.54) is 0 Å². The molecule has 0 spiro atoms. The Morgan fingerprint density at radius 3 is 2.52 bits per heavy atom. The van der Waals surface area contributed by atoms with Gasteiger partial charge in [-0.25, -0.2) is 0 Å². The van der Waals surface area contributed by atoms with Crippen LogP contribution in [0.15, 0.2) is 24.3 Å². The first-order chi connectivity index (χ1) is 10.1. The highest BCUT2D eigenvalue weighted by Gasteiger charge is 2.15. The number of anilines is 1. The highest BCUT2D eigenvalue weighted by molar-refractivity contribution is 5.90. The minimum Gasteiger partial charge on any atom is -0.480 e. The number of carboxylic acid groups (broad SMARTS) is 1. The number of carbonyl (C=O) groups excluding carboxylic acids is 1. The normalized spacial score (nSPS) is 11.4. The van der Waals surface area contributed by atoms with Gasteiger partial charge in [0.25, 0.3) is 0 Å². The van der Waals surface area contributed by atoms with Gasteiger partial charge >= 0.3 is 5.97 Å². The number of rotatable bonds is 8. The van der Waals surface area contributed by atoms with E-state index in [2.05, 4.69) is 10.6 Å². The van der Waals surface area contributed by atoms with Crippen LogP contribution in [0.4, 0.5) is 5.69 Å². The summed E-state index contributed by atoms with van der Waals surface area (Å²) in [6.45, 7) is 2.22. The summed E-state index contributed by atoms with van der Waals surface area (Å²) in [5.74, 6) is -1.10. The van der Waals surface area contributed by atoms with Gasteiger partial charge in [0.2, 0.25) is 5.91 Å². The molecule has 0 aliphatic heterocycles. The minimum atomic E-state index is -0.899. The molecular weight excluding hydrogens is 270 g/mol. The van der Waals surface area contributed by atoms with E-state index in [0.717, 1.165) is 6.42 Å². The lowest BCUT2D eigenvalue weighted by Crippen LogP contribution is -2.38. The van der Waals surface area contributed by atoms with Crippen molar-refractivity contribution in [2.45, 2.75) is 32.2 Å². The Morgan fingerprint density at radius 2 is 2.00 bits per heavy atom. The van der Waals surface area contributed by atoms with Gasteiger partial charge in [0.1, 0.15) is 6.04 Å². The Hall–Kier alpha value is -2.39. The van der Waals surface area contributed by atoms with Crippen LogP contribution in [0.1, 0.15) is 31.7 Å². The monoisotopic (exact) mass is 289 g/mol. The summed E-state index contributed by atoms with van der Waals surface area (Å²) in [5.41, 5.74) is 1.14. The van der Waals surface area contributed by atoms with E-state index < -0.39 is 12.0 Å². The number of hydrogen-bond donors (Lipinski definition) is 3. The van der Waals surface area contributed by atoms with Gasteiger partial charge in [-0.2, -0.15) is 5.26 Å². The zero-order valence-corrected chi connectivity index (χ0v) is 11.9. The molecule has 0 heterocycles. The Morgan fingerprint density at radius 1 is 1.33 bits per heavy atom. The van der Waals surface area contributed by atoms with Gasteiger partial charge in [0.15, 0.2) is 0 Å². The maximum absolute atomic E-state index is 11.7. The number of aliphatic carboxylic acids is 1. The molecule has 3 N–H and O–H groups in total. The highest BCUT2D eigenvalue weighted by Crippen LogP contribution is 2.09. The summed E-state index contributed by atoms with van der Waals surface area (Å²) in [7, 11) is 0. The van der Waals surface area contributed by atoms with Crippen molar-refractivity contribution in [2.24, 2.45) is 0 Å². The lowest BCUT2D eigenvalue weighted by atomic mass is 10.1. The molecule has 6 nitrogen and oxygen atoms in total. The summed E-state index contributed by atoms with van der Waals surface area (Å²) < 4.78 is 0. The minimum absolute atomic E-state index is 0.188. The fraction of sp³-hybridized carbons (Fsp3) is 0.400. The van der Waals surface area contributed by atoms with E-state index in [9.17, 15) is 9.59 Å². The van der Waals surface area contributed by atoms with Crippen molar-refractivity contribution in [1.29, 1.82) is 5.26 Å². The van der Waals surface area contributed by atoms with Crippen LogP contribution < -0.4 is 10.6 Å². The topological polar surface area (TPSA) is 102 Å². The number of nitriles is 1. The van der Waals surface area contributed by atoms with Crippen LogP contribution in [-0.4, -0.2) is 29.6 Å². The molecule has 0 aromatic heterocycles. The quantitative estimate of drug-likeness (QED) is 0.676. The molecule has 112 valence electrons. The number of hydrogen-bond acceptors (Lipinski definition) is 4. The van der Waals surface area contributed by atoms with Gasteiger partial charge in [-0.15, -0.1) is 0 Å². The van der Waals surface area contributed by atoms with Gasteiger partial charge in [0, 0.05) is 18.7 Å². The number of benzene rings is 1. The van der Waals surface area contributed by atoms with E-state index in [1.807, 2.05) is 13.0 Å². The van der Waals surface area contributed by atoms with Crippen LogP contribution in [0.5, 0.6) is 0 Å². The van der Waals surface area contributed by atoms with Gasteiger partial charge < -0.3 is 15.7 Å². The van der Waals surface area contributed by atoms with Gasteiger partial charge in [-0.1, -0.05) is 13.3 Å². The molecule has 0 saturated carbocycles. The van der Waals surface area contributed by atoms with E-state index in [-0.39, 0.29) is 12.3 Å². The molecular formula is C15H19N3O3. The van der Waals surface area contributed by atoms with Crippen LogP contribution in [0, 0.1) is 11.3 Å². The number of amides is 1. The van der Waals surface area contributed by atoms with E-state index in [1.54, 1.807) is 24.3 Å². The fourth-order valence-corrected chi connectivity index (χ4v) is 1.81. The number of carboxylic acids is 1. The number of carbonyl (C=O) groups is 2. The molecule has 0 fully saturated rings. The first kappa shape index (κ1) is 16.7. The molecule has 1 aromatic carbocycles. The van der Waals surface area contributed by atoms with Crippen molar-refractivity contribution >= 4 is 17.6 Å². The molecule has 21 heavy (non-hydrogen) atoms. The fourth-order valence-electron chi connectivity index (χ4n) is 1.81. The predicted molar refractivity (Wildman–Crippen MR) is 78.7 cm³/mol. The van der Waals surface area contributed by atoms with Crippen molar-refractivity contribution in [1.82, 2.24) is 5.32 Å². The molecule has 0 aliphatic carbocycles. The van der Waals surface area contributed by atoms with Gasteiger partial charge in [-0.05, 0) is 30.7 Å². The molecule has 1 amide bonds. The molecule has 0 saturated heterocycles. The summed E-state index contributed by atoms with van der Waals surface area (Å²) in [6.07, 6.45) is 1.49. The largest absolute Gasteiger partial charge is 0.480 e. The average Bonchev–Trinajstić information content (AvgIpc) is 2.47. The second-order valence-corrected chi connectivity index (χ2v) is 4.62. The summed E-state index contributed by atoms with van der Waals surface area (Å²) in [6, 6.07) is 7.93. The van der Waals surface area contributed by atoms with Crippen LogP contribution in [-0.2, 0) is 9.59 Å². The third kappa shape index (κ3) is 6.06. The zero-order chi connectivity index (χ0) is 15.7. The molecule has 6 heteroatoms. The van der Waals surface area contributed by atoms with Crippen LogP contribution in [0.25, 0.3) is 0 Å². The van der Waals surface area contributed by atoms with Crippen molar-refractivity contribution in [3.63, 3.8) is 0 Å². The summed E-state index contributed by atoms with van der Waals surface area (Å²) in [4.78, 5) is 22.6. The summed E-state index contributed by atoms with van der Waals surface area (Å²) in [5, 5.41) is 23.2. The maximum Gasteiger partial charge on any atom is 0.320 e. The Kier molecular flexibility index (Phi) is 6.92. The SMILES string of the molecule is CCCC(NCCC(=O)Nc1ccc(C#N)cc1)C(=O)O. The van der Waals surface area contributed by atoms with E-state index >= 15 is 0 Å². The highest BCUT2D eigenvalue weighted by atomic mass is 16.4. The lowest BCUT2D eigenvalue weighted by molar-refractivity contribution is -0.139. The lowest BCUT2D eigenvalue weighted by Gasteiger charge is -2.13. The van der Waals surface area contributed by atoms with Crippen molar-refractivity contribution in [2.75, 3.05) is 11.9 Å². The molecule has 1 rings (SSSR count). The molecule has 0 aliphatic rings. The average molecular weight is 289 g/mol. The molecule has 1 atom stereocenters. The molecule has 0 radical (unpaired) electrons. The van der Waals surface area contributed by atoms with Crippen molar-refractivity contribution < 1.29 is 14.7 Å². The Bertz CT molecular complexity index is 520. The maximum atomic E-state index is 11.7. The first-order valence-corrected chi connectivity index (χ1v) is 6.83. The molecule has 1 unspecified atom stereocenters. The zero-order valence-electron chi connectivity index (χ0n) is 11.9. The van der Waals surface area contributed by atoms with Crippen LogP contribution in [0.2, 0.25) is 0 Å². The standard InChI is InChI=1S/C15H19N3O3/c1-2-3-13(15(20)21)17-9-8-14(19)18-12-6-4-11(10-16)5-7-12/h4-7,13,17H,2-3,8-9H2,1H3,(H,18,19)(H,20,21). The Labute approximate surface area is 123 Å². The Balaban J connectivity index is 2.36. The predicted octanol–water partition coefficient (Wildman–Crippen LogP) is 1.73. The van der Waals surface area contributed by atoms with Gasteiger partial charge in [-0.3, -0.25) is 9.59 Å². The van der Waals surface area contributed by atoms with Crippen LogP contribution in [0.3, 0.4) is 0 Å². The van der Waals surface area contributed by atoms with Crippen molar-refractivity contribution in [3.05, 3.63) is 29.8 Å².